The highest BCUT2D eigenvalue weighted by atomic mass is 79.9. The van der Waals surface area contributed by atoms with Crippen LogP contribution in [-0.4, -0.2) is 10.9 Å². The number of carbonyl (C=O) groups excluding carboxylic acids is 1. The van der Waals surface area contributed by atoms with Crippen LogP contribution in [0.4, 0.5) is 0 Å². The highest BCUT2D eigenvalue weighted by molar-refractivity contribution is 9.09. The quantitative estimate of drug-likeness (QED) is 0.845. The van der Waals surface area contributed by atoms with Gasteiger partial charge in [0.15, 0.2) is 0 Å². The Balaban J connectivity index is 3.11. The molecule has 0 aliphatic heterocycles. The van der Waals surface area contributed by atoms with E-state index in [0.29, 0.717) is 0 Å². The molecular weight excluding hydrogens is 244 g/mol. The van der Waals surface area contributed by atoms with E-state index in [4.69, 9.17) is 5.11 Å². The van der Waals surface area contributed by atoms with Crippen molar-refractivity contribution in [3.8, 4) is 0 Å². The lowest BCUT2D eigenvalue weighted by Crippen LogP contribution is -2.03. The minimum atomic E-state index is -0.269. The first kappa shape index (κ1) is 11.4. The lowest BCUT2D eigenvalue weighted by molar-refractivity contribution is -0.116. The Bertz CT molecular complexity index is 347. The highest BCUT2D eigenvalue weighted by Crippen LogP contribution is 2.27. The standard InChI is InChI=1S/C11H13BrO2/c1-7-3-4-9(6-13)5-10(7)11(12)8(2)14/h3-5,11,13H,6H2,1-2H3. The van der Waals surface area contributed by atoms with Gasteiger partial charge in [0.25, 0.3) is 0 Å². The Morgan fingerprint density at radius 1 is 1.57 bits per heavy atom. The maximum absolute atomic E-state index is 11.2. The molecule has 1 atom stereocenters. The summed E-state index contributed by atoms with van der Waals surface area (Å²) in [6.45, 7) is 3.50. The summed E-state index contributed by atoms with van der Waals surface area (Å²) in [5.41, 5.74) is 2.82. The molecule has 0 spiro atoms. The summed E-state index contributed by atoms with van der Waals surface area (Å²) in [4.78, 5) is 10.9. The molecule has 0 amide bonds. The first-order chi connectivity index (χ1) is 6.56. The van der Waals surface area contributed by atoms with Gasteiger partial charge in [0.1, 0.15) is 5.78 Å². The van der Waals surface area contributed by atoms with E-state index >= 15 is 0 Å². The van der Waals surface area contributed by atoms with Crippen LogP contribution in [0.15, 0.2) is 18.2 Å². The molecule has 14 heavy (non-hydrogen) atoms. The molecule has 1 rings (SSSR count). The van der Waals surface area contributed by atoms with Crippen molar-refractivity contribution >= 4 is 21.7 Å². The van der Waals surface area contributed by atoms with Crippen molar-refractivity contribution < 1.29 is 9.90 Å². The van der Waals surface area contributed by atoms with E-state index in [1.165, 1.54) is 0 Å². The summed E-state index contributed by atoms with van der Waals surface area (Å²) < 4.78 is 0. The third-order valence-corrected chi connectivity index (χ3v) is 3.29. The maximum Gasteiger partial charge on any atom is 0.147 e. The second-order valence-corrected chi connectivity index (χ2v) is 4.24. The first-order valence-corrected chi connectivity index (χ1v) is 5.32. The zero-order valence-corrected chi connectivity index (χ0v) is 9.84. The molecule has 1 unspecified atom stereocenters. The molecule has 1 aromatic rings. The van der Waals surface area contributed by atoms with E-state index in [0.717, 1.165) is 16.7 Å². The van der Waals surface area contributed by atoms with Gasteiger partial charge in [-0.25, -0.2) is 0 Å². The van der Waals surface area contributed by atoms with Crippen molar-refractivity contribution in [1.29, 1.82) is 0 Å². The van der Waals surface area contributed by atoms with Gasteiger partial charge in [-0.05, 0) is 30.5 Å². The van der Waals surface area contributed by atoms with Gasteiger partial charge in [0.05, 0.1) is 11.4 Å². The summed E-state index contributed by atoms with van der Waals surface area (Å²) in [6, 6.07) is 5.63. The second kappa shape index (κ2) is 4.71. The Hall–Kier alpha value is -0.670. The largest absolute Gasteiger partial charge is 0.392 e. The van der Waals surface area contributed by atoms with Crippen molar-refractivity contribution in [2.45, 2.75) is 25.3 Å². The molecule has 0 fully saturated rings. The van der Waals surface area contributed by atoms with Crippen LogP contribution >= 0.6 is 15.9 Å². The average molecular weight is 257 g/mol. The predicted molar refractivity (Wildman–Crippen MR) is 59.5 cm³/mol. The molecule has 0 radical (unpaired) electrons. The summed E-state index contributed by atoms with van der Waals surface area (Å²) >= 11 is 3.33. The fourth-order valence-electron chi connectivity index (χ4n) is 1.28. The number of aliphatic hydroxyl groups excluding tert-OH is 1. The summed E-state index contributed by atoms with van der Waals surface area (Å²) in [5.74, 6) is 0.0724. The monoisotopic (exact) mass is 256 g/mol. The Labute approximate surface area is 92.1 Å². The predicted octanol–water partition coefficient (Wildman–Crippen LogP) is 2.51. The van der Waals surface area contributed by atoms with Crippen LogP contribution in [0.3, 0.4) is 0 Å². The Morgan fingerprint density at radius 2 is 2.21 bits per heavy atom. The van der Waals surface area contributed by atoms with Crippen molar-refractivity contribution in [3.63, 3.8) is 0 Å². The summed E-state index contributed by atoms with van der Waals surface area (Å²) in [6.07, 6.45) is 0. The van der Waals surface area contributed by atoms with Gasteiger partial charge in [-0.15, -0.1) is 0 Å². The minimum absolute atomic E-state index is 0.00487. The fraction of sp³-hybridized carbons (Fsp3) is 0.364. The van der Waals surface area contributed by atoms with Crippen LogP contribution in [0, 0.1) is 6.92 Å². The molecule has 76 valence electrons. The number of benzene rings is 1. The average Bonchev–Trinajstić information content (AvgIpc) is 2.17. The number of halogens is 1. The number of aliphatic hydroxyl groups is 1. The lowest BCUT2D eigenvalue weighted by Gasteiger charge is -2.11. The van der Waals surface area contributed by atoms with Crippen LogP contribution in [0.5, 0.6) is 0 Å². The van der Waals surface area contributed by atoms with Crippen molar-refractivity contribution in [2.75, 3.05) is 0 Å². The van der Waals surface area contributed by atoms with Crippen molar-refractivity contribution in [1.82, 2.24) is 0 Å². The number of hydrogen-bond acceptors (Lipinski definition) is 2. The van der Waals surface area contributed by atoms with Crippen LogP contribution in [0.1, 0.15) is 28.4 Å². The Morgan fingerprint density at radius 3 is 2.71 bits per heavy atom. The fourth-order valence-corrected chi connectivity index (χ4v) is 1.77. The molecule has 0 heterocycles. The van der Waals surface area contributed by atoms with E-state index in [9.17, 15) is 4.79 Å². The third kappa shape index (κ3) is 2.42. The number of ketones is 1. The first-order valence-electron chi connectivity index (χ1n) is 4.41. The molecule has 1 aromatic carbocycles. The van der Waals surface area contributed by atoms with Crippen LogP contribution < -0.4 is 0 Å². The summed E-state index contributed by atoms with van der Waals surface area (Å²) in [7, 11) is 0. The van der Waals surface area contributed by atoms with Gasteiger partial charge in [0, 0.05) is 0 Å². The number of Topliss-reactive ketones (excluding diaryl/α,β-unsaturated/α-hetero) is 1. The van der Waals surface area contributed by atoms with Gasteiger partial charge in [-0.3, -0.25) is 4.79 Å². The van der Waals surface area contributed by atoms with Gasteiger partial charge in [-0.2, -0.15) is 0 Å². The molecule has 0 bridgehead atoms. The third-order valence-electron chi connectivity index (χ3n) is 2.16. The van der Waals surface area contributed by atoms with Crippen molar-refractivity contribution in [2.24, 2.45) is 0 Å². The number of carbonyl (C=O) groups is 1. The molecule has 0 saturated heterocycles. The second-order valence-electron chi connectivity index (χ2n) is 3.32. The number of aryl methyl sites for hydroxylation is 1. The molecule has 0 aromatic heterocycles. The lowest BCUT2D eigenvalue weighted by atomic mass is 10.0. The molecule has 0 aliphatic rings. The molecule has 0 saturated carbocycles. The van der Waals surface area contributed by atoms with E-state index in [1.54, 1.807) is 6.92 Å². The number of hydrogen-bond donors (Lipinski definition) is 1. The van der Waals surface area contributed by atoms with Crippen molar-refractivity contribution in [3.05, 3.63) is 34.9 Å². The zero-order chi connectivity index (χ0) is 10.7. The number of alkyl halides is 1. The molecular formula is C11H13BrO2. The van der Waals surface area contributed by atoms with Crippen LogP contribution in [0.2, 0.25) is 0 Å². The maximum atomic E-state index is 11.2. The van der Waals surface area contributed by atoms with E-state index in [-0.39, 0.29) is 17.2 Å². The van der Waals surface area contributed by atoms with E-state index < -0.39 is 0 Å². The normalized spacial score (nSPS) is 12.6. The van der Waals surface area contributed by atoms with Gasteiger partial charge < -0.3 is 5.11 Å². The van der Waals surface area contributed by atoms with Gasteiger partial charge in [-0.1, -0.05) is 34.1 Å². The molecule has 0 aliphatic carbocycles. The number of rotatable bonds is 3. The zero-order valence-electron chi connectivity index (χ0n) is 8.25. The van der Waals surface area contributed by atoms with E-state index in [1.807, 2.05) is 25.1 Å². The Kier molecular flexibility index (Phi) is 3.84. The smallest absolute Gasteiger partial charge is 0.147 e. The van der Waals surface area contributed by atoms with Crippen LogP contribution in [0.25, 0.3) is 0 Å². The van der Waals surface area contributed by atoms with Gasteiger partial charge >= 0.3 is 0 Å². The summed E-state index contributed by atoms with van der Waals surface area (Å²) in [5, 5.41) is 8.97. The topological polar surface area (TPSA) is 37.3 Å². The highest BCUT2D eigenvalue weighted by Gasteiger charge is 2.14. The molecule has 2 nitrogen and oxygen atoms in total. The van der Waals surface area contributed by atoms with E-state index in [2.05, 4.69) is 15.9 Å². The minimum Gasteiger partial charge on any atom is -0.392 e. The SMILES string of the molecule is CC(=O)C(Br)c1cc(CO)ccc1C. The van der Waals surface area contributed by atoms with Crippen LogP contribution in [-0.2, 0) is 11.4 Å². The molecule has 1 N–H and O–H groups in total. The molecule has 3 heteroatoms. The van der Waals surface area contributed by atoms with Gasteiger partial charge in [0.2, 0.25) is 0 Å².